The molecule has 1 rings (SSSR count). The first-order chi connectivity index (χ1) is 10.9. The van der Waals surface area contributed by atoms with Gasteiger partial charge < -0.3 is 9.46 Å². The molecule has 1 heterocycles. The van der Waals surface area contributed by atoms with Gasteiger partial charge >= 0.3 is 23.7 Å². The lowest BCUT2D eigenvalue weighted by molar-refractivity contribution is -0.693. The molecule has 0 saturated heterocycles. The first-order valence-electron chi connectivity index (χ1n) is 6.08. The molecule has 14 heteroatoms. The van der Waals surface area contributed by atoms with Crippen LogP contribution in [0.25, 0.3) is 0 Å². The SMILES string of the molecule is CC[n+]1ccccc1.O=P([O-])(C(F)(F)C(F)(F)F)C(F)(F)C(F)(F)F. The van der Waals surface area contributed by atoms with Crippen molar-refractivity contribution in [2.45, 2.75) is 37.1 Å². The molecule has 0 radical (unpaired) electrons. The Kier molecular flexibility index (Phi) is 7.08. The van der Waals surface area contributed by atoms with E-state index in [1.165, 1.54) is 0 Å². The van der Waals surface area contributed by atoms with E-state index < -0.39 is 31.0 Å². The second-order valence-electron chi connectivity index (χ2n) is 4.34. The summed E-state index contributed by atoms with van der Waals surface area (Å²) < 4.78 is 129. The van der Waals surface area contributed by atoms with E-state index in [4.69, 9.17) is 0 Å². The summed E-state index contributed by atoms with van der Waals surface area (Å²) in [6, 6.07) is 6.08. The van der Waals surface area contributed by atoms with Crippen LogP contribution in [0.15, 0.2) is 30.6 Å². The van der Waals surface area contributed by atoms with Gasteiger partial charge in [-0.3, -0.25) is 0 Å². The van der Waals surface area contributed by atoms with Crippen LogP contribution in [-0.2, 0) is 11.1 Å². The molecule has 146 valence electrons. The van der Waals surface area contributed by atoms with Gasteiger partial charge in [-0.15, -0.1) is 0 Å². The van der Waals surface area contributed by atoms with Crippen LogP contribution in [0.5, 0.6) is 0 Å². The fourth-order valence-electron chi connectivity index (χ4n) is 1.16. The van der Waals surface area contributed by atoms with Crippen molar-refractivity contribution in [1.29, 1.82) is 0 Å². The van der Waals surface area contributed by atoms with Crippen molar-refractivity contribution < 1.29 is 57.9 Å². The van der Waals surface area contributed by atoms with Crippen LogP contribution in [-0.4, -0.2) is 23.7 Å². The van der Waals surface area contributed by atoms with E-state index in [1.54, 1.807) is 0 Å². The molecule has 0 saturated carbocycles. The number of aryl methyl sites for hydroxylation is 1. The highest BCUT2D eigenvalue weighted by Crippen LogP contribution is 2.72. The van der Waals surface area contributed by atoms with E-state index in [0.717, 1.165) is 6.54 Å². The molecule has 0 amide bonds. The van der Waals surface area contributed by atoms with E-state index in [0.29, 0.717) is 0 Å². The van der Waals surface area contributed by atoms with Crippen LogP contribution in [0.4, 0.5) is 43.9 Å². The van der Waals surface area contributed by atoms with Crippen molar-refractivity contribution in [3.8, 4) is 0 Å². The zero-order valence-electron chi connectivity index (χ0n) is 12.1. The van der Waals surface area contributed by atoms with Crippen LogP contribution in [0, 0.1) is 0 Å². The highest BCUT2D eigenvalue weighted by Gasteiger charge is 2.78. The molecule has 0 N–H and O–H groups in total. The fourth-order valence-corrected chi connectivity index (χ4v) is 2.18. The van der Waals surface area contributed by atoms with E-state index in [1.807, 2.05) is 18.2 Å². The average molecular weight is 409 g/mol. The van der Waals surface area contributed by atoms with Crippen LogP contribution in [0.1, 0.15) is 6.92 Å². The number of nitrogens with zero attached hydrogens (tertiary/aromatic N) is 1. The van der Waals surface area contributed by atoms with Gasteiger partial charge in [0.05, 0.1) is 0 Å². The summed E-state index contributed by atoms with van der Waals surface area (Å²) in [4.78, 5) is 10.1. The van der Waals surface area contributed by atoms with Crippen molar-refractivity contribution in [3.63, 3.8) is 0 Å². The molecular formula is C11H10F10NO2P. The maximum Gasteiger partial charge on any atom is 0.459 e. The number of hydrogen-bond acceptors (Lipinski definition) is 2. The lowest BCUT2D eigenvalue weighted by Gasteiger charge is -2.38. The van der Waals surface area contributed by atoms with Crippen molar-refractivity contribution >= 4 is 7.37 Å². The normalized spacial score (nSPS) is 13.9. The van der Waals surface area contributed by atoms with Gasteiger partial charge in [-0.05, 0) is 6.92 Å². The zero-order chi connectivity index (χ0) is 20.3. The van der Waals surface area contributed by atoms with Crippen molar-refractivity contribution in [3.05, 3.63) is 30.6 Å². The summed E-state index contributed by atoms with van der Waals surface area (Å²) in [5.74, 6) is 0. The van der Waals surface area contributed by atoms with E-state index >= 15 is 0 Å². The van der Waals surface area contributed by atoms with Crippen LogP contribution >= 0.6 is 7.37 Å². The molecule has 0 spiro atoms. The predicted molar refractivity (Wildman–Crippen MR) is 61.9 cm³/mol. The largest absolute Gasteiger partial charge is 0.790 e. The predicted octanol–water partition coefficient (Wildman–Crippen LogP) is 3.93. The van der Waals surface area contributed by atoms with Crippen LogP contribution < -0.4 is 9.46 Å². The summed E-state index contributed by atoms with van der Waals surface area (Å²) in [7, 11) is -8.51. The van der Waals surface area contributed by atoms with Gasteiger partial charge in [0.1, 0.15) is 6.54 Å². The average Bonchev–Trinajstić information content (AvgIpc) is 2.46. The minimum atomic E-state index is -8.51. The van der Waals surface area contributed by atoms with Gasteiger partial charge in [0.2, 0.25) is 0 Å². The molecule has 0 unspecified atom stereocenters. The standard InChI is InChI=1S/C7H10N.C4HF10O2P/c1-2-8-6-4-3-5-7-8;5-1(6,7)3(11,12)17(15,16)4(13,14)2(8,9)10/h3-7H,2H2,1H3;(H,15,16)/q+1;/p-1. The Hall–Kier alpha value is -1.36. The summed E-state index contributed by atoms with van der Waals surface area (Å²) in [6.45, 7) is 3.18. The van der Waals surface area contributed by atoms with Gasteiger partial charge in [-0.1, -0.05) is 6.07 Å². The van der Waals surface area contributed by atoms with E-state index in [9.17, 15) is 53.4 Å². The molecule has 0 atom stereocenters. The third-order valence-corrected chi connectivity index (χ3v) is 4.55. The molecule has 25 heavy (non-hydrogen) atoms. The number of halogens is 10. The highest BCUT2D eigenvalue weighted by atomic mass is 31.2. The quantitative estimate of drug-likeness (QED) is 0.432. The van der Waals surface area contributed by atoms with Crippen molar-refractivity contribution in [2.24, 2.45) is 0 Å². The molecule has 0 bridgehead atoms. The molecule has 0 fully saturated rings. The molecule has 3 nitrogen and oxygen atoms in total. The summed E-state index contributed by atoms with van der Waals surface area (Å²) >= 11 is 0. The maximum atomic E-state index is 12.1. The third-order valence-electron chi connectivity index (χ3n) is 2.56. The van der Waals surface area contributed by atoms with Crippen molar-refractivity contribution in [2.75, 3.05) is 0 Å². The minimum absolute atomic E-state index is 1.06. The molecule has 1 aromatic heterocycles. The number of rotatable bonds is 3. The first kappa shape index (κ1) is 23.6. The smallest absolute Gasteiger partial charge is 0.459 e. The maximum absolute atomic E-state index is 12.1. The highest BCUT2D eigenvalue weighted by molar-refractivity contribution is 7.59. The number of alkyl halides is 10. The zero-order valence-corrected chi connectivity index (χ0v) is 13.0. The van der Waals surface area contributed by atoms with Gasteiger partial charge in [-0.25, -0.2) is 4.57 Å². The molecular weight excluding hydrogens is 399 g/mol. The number of hydrogen-bond donors (Lipinski definition) is 0. The molecule has 0 aromatic carbocycles. The second-order valence-corrected chi connectivity index (χ2v) is 6.56. The van der Waals surface area contributed by atoms with Crippen LogP contribution in [0.3, 0.4) is 0 Å². The Morgan fingerprint density at radius 1 is 0.800 bits per heavy atom. The summed E-state index contributed by atoms with van der Waals surface area (Å²) in [6.07, 6.45) is -10.1. The number of pyridine rings is 1. The Balaban J connectivity index is 0.000000593. The Morgan fingerprint density at radius 2 is 1.12 bits per heavy atom. The van der Waals surface area contributed by atoms with Gasteiger partial charge in [0.15, 0.2) is 19.8 Å². The second kappa shape index (κ2) is 7.48. The van der Waals surface area contributed by atoms with Gasteiger partial charge in [0, 0.05) is 12.1 Å². The van der Waals surface area contributed by atoms with E-state index in [2.05, 4.69) is 23.9 Å². The molecule has 1 aromatic rings. The molecule has 0 aliphatic heterocycles. The molecule has 0 aliphatic rings. The summed E-state index contributed by atoms with van der Waals surface area (Å²) in [5, 5.41) is 0. The topological polar surface area (TPSA) is 44.0 Å². The number of aromatic nitrogens is 1. The van der Waals surface area contributed by atoms with Gasteiger partial charge in [-0.2, -0.15) is 43.9 Å². The minimum Gasteiger partial charge on any atom is -0.790 e. The Morgan fingerprint density at radius 3 is 1.32 bits per heavy atom. The van der Waals surface area contributed by atoms with Crippen LogP contribution in [0.2, 0.25) is 0 Å². The monoisotopic (exact) mass is 409 g/mol. The third kappa shape index (κ3) is 4.84. The van der Waals surface area contributed by atoms with Gasteiger partial charge in [0.25, 0.3) is 0 Å². The lowest BCUT2D eigenvalue weighted by Crippen LogP contribution is -2.50. The molecule has 0 aliphatic carbocycles. The first-order valence-corrected chi connectivity index (χ1v) is 7.70. The Bertz CT molecular complexity index is 569. The summed E-state index contributed by atoms with van der Waals surface area (Å²) in [5.41, 5.74) is -14.4. The fraction of sp³-hybridized carbons (Fsp3) is 0.545. The lowest BCUT2D eigenvalue weighted by atomic mass is 10.5. The Labute approximate surface area is 134 Å². The van der Waals surface area contributed by atoms with Crippen molar-refractivity contribution in [1.82, 2.24) is 0 Å². The van der Waals surface area contributed by atoms with E-state index in [-0.39, 0.29) is 0 Å².